The third-order valence-corrected chi connectivity index (χ3v) is 5.56. The highest BCUT2D eigenvalue weighted by atomic mass is 15.1. The van der Waals surface area contributed by atoms with E-state index in [1.165, 1.54) is 38.6 Å². The average Bonchev–Trinajstić information content (AvgIpc) is 2.90. The molecule has 1 N–H and O–H groups in total. The van der Waals surface area contributed by atoms with Gasteiger partial charge in [0.05, 0.1) is 0 Å². The van der Waals surface area contributed by atoms with Gasteiger partial charge in [0.1, 0.15) is 0 Å². The predicted octanol–water partition coefficient (Wildman–Crippen LogP) is 3.81. The lowest BCUT2D eigenvalue weighted by molar-refractivity contribution is 0.139. The summed E-state index contributed by atoms with van der Waals surface area (Å²) in [6, 6.07) is 9.67. The second-order valence-electron chi connectivity index (χ2n) is 7.06. The fraction of sp³-hybridized carbons (Fsp3) is 0.684. The molecule has 3 unspecified atom stereocenters. The Morgan fingerprint density at radius 1 is 1.14 bits per heavy atom. The van der Waals surface area contributed by atoms with Crippen LogP contribution in [-0.4, -0.2) is 24.5 Å². The highest BCUT2D eigenvalue weighted by molar-refractivity contribution is 5.30. The van der Waals surface area contributed by atoms with E-state index in [9.17, 15) is 0 Å². The molecule has 1 aliphatic carbocycles. The van der Waals surface area contributed by atoms with E-state index in [-0.39, 0.29) is 0 Å². The van der Waals surface area contributed by atoms with Gasteiger partial charge in [0.2, 0.25) is 0 Å². The maximum atomic E-state index is 3.59. The minimum atomic E-state index is 0.724. The van der Waals surface area contributed by atoms with Crippen molar-refractivity contribution in [3.63, 3.8) is 0 Å². The van der Waals surface area contributed by atoms with Crippen LogP contribution in [0.4, 0.5) is 0 Å². The van der Waals surface area contributed by atoms with Crippen LogP contribution in [0.15, 0.2) is 24.3 Å². The first-order valence-corrected chi connectivity index (χ1v) is 8.76. The van der Waals surface area contributed by atoms with Gasteiger partial charge in [-0.1, -0.05) is 44.0 Å². The standard InChI is InChI=1S/C19H30N2/c1-3-6-15-9-10-19(20-2)18(11-15)14-21-12-16-7-4-5-8-17(16)13-21/h4-5,7-8,15,18-20H,3,6,9-14H2,1-2H3. The molecule has 1 heterocycles. The van der Waals surface area contributed by atoms with Gasteiger partial charge in [-0.3, -0.25) is 4.90 Å². The fourth-order valence-corrected chi connectivity index (χ4v) is 4.48. The highest BCUT2D eigenvalue weighted by Crippen LogP contribution is 2.34. The van der Waals surface area contributed by atoms with Crippen LogP contribution in [0.1, 0.15) is 50.2 Å². The van der Waals surface area contributed by atoms with Gasteiger partial charge in [0.15, 0.2) is 0 Å². The van der Waals surface area contributed by atoms with Gasteiger partial charge in [-0.15, -0.1) is 0 Å². The van der Waals surface area contributed by atoms with Crippen molar-refractivity contribution in [2.75, 3.05) is 13.6 Å². The quantitative estimate of drug-likeness (QED) is 0.885. The molecule has 116 valence electrons. The smallest absolute Gasteiger partial charge is 0.0240 e. The van der Waals surface area contributed by atoms with E-state index in [0.29, 0.717) is 0 Å². The van der Waals surface area contributed by atoms with Gasteiger partial charge < -0.3 is 5.32 Å². The summed E-state index contributed by atoms with van der Waals surface area (Å²) >= 11 is 0. The summed E-state index contributed by atoms with van der Waals surface area (Å²) in [7, 11) is 2.15. The number of benzene rings is 1. The third-order valence-electron chi connectivity index (χ3n) is 5.56. The molecule has 2 aliphatic rings. The van der Waals surface area contributed by atoms with E-state index in [1.807, 2.05) is 0 Å². The van der Waals surface area contributed by atoms with Crippen LogP contribution in [0.2, 0.25) is 0 Å². The van der Waals surface area contributed by atoms with Crippen molar-refractivity contribution in [2.45, 2.75) is 58.2 Å². The molecule has 0 saturated heterocycles. The van der Waals surface area contributed by atoms with E-state index in [4.69, 9.17) is 0 Å². The molecule has 0 aromatic heterocycles. The fourth-order valence-electron chi connectivity index (χ4n) is 4.48. The molecule has 0 amide bonds. The molecule has 2 heteroatoms. The molecule has 3 rings (SSSR count). The summed E-state index contributed by atoms with van der Waals surface area (Å²) in [5.41, 5.74) is 3.08. The van der Waals surface area contributed by atoms with Crippen LogP contribution < -0.4 is 5.32 Å². The number of fused-ring (bicyclic) bond motifs is 1. The number of hydrogen-bond acceptors (Lipinski definition) is 2. The number of hydrogen-bond donors (Lipinski definition) is 1. The molecule has 1 aromatic carbocycles. The molecule has 1 aliphatic heterocycles. The Labute approximate surface area is 129 Å². The van der Waals surface area contributed by atoms with Crippen molar-refractivity contribution in [1.82, 2.24) is 10.2 Å². The number of nitrogens with zero attached hydrogens (tertiary/aromatic N) is 1. The second-order valence-corrected chi connectivity index (χ2v) is 7.06. The van der Waals surface area contributed by atoms with Crippen LogP contribution in [0.25, 0.3) is 0 Å². The predicted molar refractivity (Wildman–Crippen MR) is 89.1 cm³/mol. The van der Waals surface area contributed by atoms with Crippen molar-refractivity contribution >= 4 is 0 Å². The molecule has 0 radical (unpaired) electrons. The zero-order valence-electron chi connectivity index (χ0n) is 13.6. The number of rotatable bonds is 5. The topological polar surface area (TPSA) is 15.3 Å². The van der Waals surface area contributed by atoms with E-state index >= 15 is 0 Å². The van der Waals surface area contributed by atoms with Crippen LogP contribution in [0.5, 0.6) is 0 Å². The van der Waals surface area contributed by atoms with Crippen LogP contribution in [-0.2, 0) is 13.1 Å². The summed E-state index contributed by atoms with van der Waals surface area (Å²) in [4.78, 5) is 2.66. The molecule has 3 atom stereocenters. The molecule has 1 aromatic rings. The zero-order chi connectivity index (χ0) is 14.7. The van der Waals surface area contributed by atoms with Gasteiger partial charge in [0, 0.05) is 25.7 Å². The summed E-state index contributed by atoms with van der Waals surface area (Å²) in [6.07, 6.45) is 6.98. The lowest BCUT2D eigenvalue weighted by Crippen LogP contribution is -2.43. The van der Waals surface area contributed by atoms with E-state index in [1.54, 1.807) is 11.1 Å². The van der Waals surface area contributed by atoms with Crippen molar-refractivity contribution < 1.29 is 0 Å². The van der Waals surface area contributed by atoms with Crippen molar-refractivity contribution in [2.24, 2.45) is 11.8 Å². The summed E-state index contributed by atoms with van der Waals surface area (Å²) in [5.74, 6) is 1.80. The van der Waals surface area contributed by atoms with Gasteiger partial charge in [0.25, 0.3) is 0 Å². The van der Waals surface area contributed by atoms with Crippen molar-refractivity contribution in [3.05, 3.63) is 35.4 Å². The first kappa shape index (κ1) is 15.1. The Morgan fingerprint density at radius 3 is 2.48 bits per heavy atom. The normalized spacial score (nSPS) is 29.5. The molecular weight excluding hydrogens is 256 g/mol. The average molecular weight is 286 g/mol. The lowest BCUT2D eigenvalue weighted by atomic mass is 9.76. The first-order valence-electron chi connectivity index (χ1n) is 8.76. The molecule has 21 heavy (non-hydrogen) atoms. The largest absolute Gasteiger partial charge is 0.317 e. The van der Waals surface area contributed by atoms with Gasteiger partial charge >= 0.3 is 0 Å². The minimum absolute atomic E-state index is 0.724. The van der Waals surface area contributed by atoms with E-state index < -0.39 is 0 Å². The Bertz CT molecular complexity index is 432. The van der Waals surface area contributed by atoms with Gasteiger partial charge in [-0.2, -0.15) is 0 Å². The summed E-state index contributed by atoms with van der Waals surface area (Å²) in [6.45, 7) is 5.90. The third kappa shape index (κ3) is 3.49. The molecule has 0 spiro atoms. The Balaban J connectivity index is 1.60. The minimum Gasteiger partial charge on any atom is -0.317 e. The second kappa shape index (κ2) is 6.93. The summed E-state index contributed by atoms with van der Waals surface area (Å²) < 4.78 is 0. The maximum absolute atomic E-state index is 3.59. The van der Waals surface area contributed by atoms with Crippen LogP contribution in [0.3, 0.4) is 0 Å². The van der Waals surface area contributed by atoms with Crippen LogP contribution in [0, 0.1) is 11.8 Å². The Hall–Kier alpha value is -0.860. The number of nitrogens with one attached hydrogen (secondary N) is 1. The summed E-state index contributed by atoms with van der Waals surface area (Å²) in [5, 5.41) is 3.59. The maximum Gasteiger partial charge on any atom is 0.0240 e. The molecule has 2 nitrogen and oxygen atoms in total. The van der Waals surface area contributed by atoms with Crippen molar-refractivity contribution in [3.8, 4) is 0 Å². The lowest BCUT2D eigenvalue weighted by Gasteiger charge is -2.38. The van der Waals surface area contributed by atoms with Crippen molar-refractivity contribution in [1.29, 1.82) is 0 Å². The van der Waals surface area contributed by atoms with E-state index in [0.717, 1.165) is 31.0 Å². The Kier molecular flexibility index (Phi) is 4.97. The SMILES string of the molecule is CCCC1CCC(NC)C(CN2Cc3ccccc3C2)C1. The van der Waals surface area contributed by atoms with Gasteiger partial charge in [-0.05, 0) is 49.3 Å². The van der Waals surface area contributed by atoms with Gasteiger partial charge in [-0.25, -0.2) is 0 Å². The molecule has 1 saturated carbocycles. The highest BCUT2D eigenvalue weighted by Gasteiger charge is 2.31. The first-order chi connectivity index (χ1) is 10.3. The molecular formula is C19H30N2. The Morgan fingerprint density at radius 2 is 1.86 bits per heavy atom. The van der Waals surface area contributed by atoms with Crippen LogP contribution >= 0.6 is 0 Å². The zero-order valence-corrected chi connectivity index (χ0v) is 13.6. The molecule has 0 bridgehead atoms. The van der Waals surface area contributed by atoms with E-state index in [2.05, 4.69) is 48.5 Å². The molecule has 1 fully saturated rings. The monoisotopic (exact) mass is 286 g/mol.